The second-order valence-electron chi connectivity index (χ2n) is 4.52. The van der Waals surface area contributed by atoms with Crippen LogP contribution in [0, 0.1) is 12.7 Å². The van der Waals surface area contributed by atoms with E-state index < -0.39 is 5.97 Å². The summed E-state index contributed by atoms with van der Waals surface area (Å²) in [5.41, 5.74) is 1.01. The summed E-state index contributed by atoms with van der Waals surface area (Å²) >= 11 is 3.30. The standard InChI is InChI=1S/C16H10BrFO3/c1-9-11-8-10(18)6-7-13(11)20-15(9)16(19)21-14-5-3-2-4-12(14)17/h2-8H,1H3. The molecule has 0 fully saturated rings. The Morgan fingerprint density at radius 2 is 2.00 bits per heavy atom. The molecule has 0 amide bonds. The molecular formula is C16H10BrFO3. The van der Waals surface area contributed by atoms with Crippen LogP contribution in [0.5, 0.6) is 5.75 Å². The van der Waals surface area contributed by atoms with E-state index in [0.29, 0.717) is 26.8 Å². The normalized spacial score (nSPS) is 10.8. The van der Waals surface area contributed by atoms with E-state index in [-0.39, 0.29) is 11.6 Å². The van der Waals surface area contributed by atoms with Crippen molar-refractivity contribution in [3.8, 4) is 5.75 Å². The number of fused-ring (bicyclic) bond motifs is 1. The number of carbonyl (C=O) groups is 1. The summed E-state index contributed by atoms with van der Waals surface area (Å²) < 4.78 is 24.7. The summed E-state index contributed by atoms with van der Waals surface area (Å²) in [6.07, 6.45) is 0. The van der Waals surface area contributed by atoms with Crippen molar-refractivity contribution in [2.45, 2.75) is 6.92 Å². The average Bonchev–Trinajstić information content (AvgIpc) is 2.79. The first-order valence-electron chi connectivity index (χ1n) is 6.21. The highest BCUT2D eigenvalue weighted by Crippen LogP contribution is 2.29. The first kappa shape index (κ1) is 13.8. The molecule has 0 radical (unpaired) electrons. The van der Waals surface area contributed by atoms with Crippen LogP contribution < -0.4 is 4.74 Å². The molecule has 0 spiro atoms. The zero-order chi connectivity index (χ0) is 15.0. The van der Waals surface area contributed by atoms with Gasteiger partial charge in [0.2, 0.25) is 5.76 Å². The van der Waals surface area contributed by atoms with Gasteiger partial charge in [0.15, 0.2) is 0 Å². The molecule has 3 nitrogen and oxygen atoms in total. The monoisotopic (exact) mass is 348 g/mol. The summed E-state index contributed by atoms with van der Waals surface area (Å²) in [6.45, 7) is 1.70. The van der Waals surface area contributed by atoms with Gasteiger partial charge in [-0.25, -0.2) is 9.18 Å². The van der Waals surface area contributed by atoms with E-state index in [9.17, 15) is 9.18 Å². The number of ether oxygens (including phenoxy) is 1. The highest BCUT2D eigenvalue weighted by atomic mass is 79.9. The van der Waals surface area contributed by atoms with Crippen LogP contribution in [0.4, 0.5) is 4.39 Å². The maximum Gasteiger partial charge on any atom is 0.379 e. The van der Waals surface area contributed by atoms with Crippen LogP contribution in [0.1, 0.15) is 16.1 Å². The number of carbonyl (C=O) groups excluding carboxylic acids is 1. The Morgan fingerprint density at radius 3 is 2.76 bits per heavy atom. The smallest absolute Gasteiger partial charge is 0.379 e. The minimum absolute atomic E-state index is 0.0753. The summed E-state index contributed by atoms with van der Waals surface area (Å²) in [4.78, 5) is 12.2. The predicted octanol–water partition coefficient (Wildman–Crippen LogP) is 4.86. The Hall–Kier alpha value is -2.14. The number of rotatable bonds is 2. The van der Waals surface area contributed by atoms with Gasteiger partial charge in [0, 0.05) is 10.9 Å². The molecule has 0 atom stereocenters. The van der Waals surface area contributed by atoms with E-state index in [1.165, 1.54) is 18.2 Å². The van der Waals surface area contributed by atoms with Crippen molar-refractivity contribution in [3.05, 3.63) is 64.1 Å². The molecule has 0 saturated heterocycles. The van der Waals surface area contributed by atoms with Crippen LogP contribution in [0.3, 0.4) is 0 Å². The van der Waals surface area contributed by atoms with Gasteiger partial charge in [0.05, 0.1) is 4.47 Å². The maximum absolute atomic E-state index is 13.3. The fraction of sp³-hybridized carbons (Fsp3) is 0.0625. The van der Waals surface area contributed by atoms with Crippen molar-refractivity contribution in [2.24, 2.45) is 0 Å². The third kappa shape index (κ3) is 2.56. The molecule has 0 aliphatic carbocycles. The SMILES string of the molecule is Cc1c(C(=O)Oc2ccccc2Br)oc2ccc(F)cc12. The largest absolute Gasteiger partial charge is 0.449 e. The lowest BCUT2D eigenvalue weighted by Crippen LogP contribution is -2.09. The molecule has 21 heavy (non-hydrogen) atoms. The van der Waals surface area contributed by atoms with Crippen molar-refractivity contribution in [2.75, 3.05) is 0 Å². The van der Waals surface area contributed by atoms with Gasteiger partial charge in [0.1, 0.15) is 17.1 Å². The lowest BCUT2D eigenvalue weighted by molar-refractivity contribution is 0.0701. The van der Waals surface area contributed by atoms with Crippen molar-refractivity contribution in [3.63, 3.8) is 0 Å². The van der Waals surface area contributed by atoms with Gasteiger partial charge in [-0.3, -0.25) is 0 Å². The molecule has 0 aliphatic heterocycles. The molecule has 0 N–H and O–H groups in total. The summed E-state index contributed by atoms with van der Waals surface area (Å²) in [5, 5.41) is 0.564. The Kier molecular flexibility index (Phi) is 3.51. The molecule has 1 aromatic heterocycles. The lowest BCUT2D eigenvalue weighted by atomic mass is 10.1. The molecular weight excluding hydrogens is 339 g/mol. The highest BCUT2D eigenvalue weighted by molar-refractivity contribution is 9.10. The van der Waals surface area contributed by atoms with E-state index >= 15 is 0 Å². The summed E-state index contributed by atoms with van der Waals surface area (Å²) in [7, 11) is 0. The number of aryl methyl sites for hydroxylation is 1. The second kappa shape index (κ2) is 5.33. The third-order valence-corrected chi connectivity index (χ3v) is 3.78. The van der Waals surface area contributed by atoms with Gasteiger partial charge in [-0.15, -0.1) is 0 Å². The fourth-order valence-corrected chi connectivity index (χ4v) is 2.43. The first-order valence-corrected chi connectivity index (χ1v) is 7.01. The van der Waals surface area contributed by atoms with Gasteiger partial charge in [-0.2, -0.15) is 0 Å². The van der Waals surface area contributed by atoms with Gasteiger partial charge in [0.25, 0.3) is 0 Å². The number of halogens is 2. The molecule has 1 heterocycles. The Labute approximate surface area is 128 Å². The van der Waals surface area contributed by atoms with Crippen molar-refractivity contribution in [1.82, 2.24) is 0 Å². The van der Waals surface area contributed by atoms with Crippen molar-refractivity contribution in [1.29, 1.82) is 0 Å². The van der Waals surface area contributed by atoms with Crippen LogP contribution >= 0.6 is 15.9 Å². The second-order valence-corrected chi connectivity index (χ2v) is 5.37. The number of benzene rings is 2. The molecule has 106 valence electrons. The number of esters is 1. The van der Waals surface area contributed by atoms with Gasteiger partial charge >= 0.3 is 5.97 Å². The van der Waals surface area contributed by atoms with Crippen LogP contribution in [0.25, 0.3) is 11.0 Å². The Bertz CT molecular complexity index is 839. The quantitative estimate of drug-likeness (QED) is 0.490. The zero-order valence-electron chi connectivity index (χ0n) is 11.0. The molecule has 0 aliphatic rings. The maximum atomic E-state index is 13.3. The minimum atomic E-state index is -0.615. The molecule has 5 heteroatoms. The average molecular weight is 349 g/mol. The number of hydrogen-bond donors (Lipinski definition) is 0. The Morgan fingerprint density at radius 1 is 1.24 bits per heavy atom. The van der Waals surface area contributed by atoms with E-state index in [1.54, 1.807) is 25.1 Å². The van der Waals surface area contributed by atoms with Gasteiger partial charge in [-0.1, -0.05) is 12.1 Å². The number of hydrogen-bond acceptors (Lipinski definition) is 3. The number of para-hydroxylation sites is 1. The predicted molar refractivity (Wildman–Crippen MR) is 80.0 cm³/mol. The van der Waals surface area contributed by atoms with Crippen LogP contribution in [-0.2, 0) is 0 Å². The van der Waals surface area contributed by atoms with E-state index in [1.807, 2.05) is 6.07 Å². The molecule has 0 bridgehead atoms. The van der Waals surface area contributed by atoms with E-state index in [4.69, 9.17) is 9.15 Å². The third-order valence-electron chi connectivity index (χ3n) is 3.12. The first-order chi connectivity index (χ1) is 10.1. The summed E-state index contributed by atoms with van der Waals surface area (Å²) in [5.74, 6) is -0.520. The lowest BCUT2D eigenvalue weighted by Gasteiger charge is -2.04. The minimum Gasteiger partial charge on any atom is -0.449 e. The Balaban J connectivity index is 1.99. The molecule has 2 aromatic carbocycles. The number of furan rings is 1. The van der Waals surface area contributed by atoms with Crippen molar-refractivity contribution >= 4 is 32.9 Å². The van der Waals surface area contributed by atoms with Gasteiger partial charge < -0.3 is 9.15 Å². The zero-order valence-corrected chi connectivity index (χ0v) is 12.6. The summed E-state index contributed by atoms with van der Waals surface area (Å²) in [6, 6.07) is 11.1. The van der Waals surface area contributed by atoms with Crippen molar-refractivity contribution < 1.29 is 18.3 Å². The topological polar surface area (TPSA) is 39.4 Å². The highest BCUT2D eigenvalue weighted by Gasteiger charge is 2.20. The molecule has 3 rings (SSSR count). The van der Waals surface area contributed by atoms with Gasteiger partial charge in [-0.05, 0) is 53.2 Å². The van der Waals surface area contributed by atoms with E-state index in [0.717, 1.165) is 0 Å². The van der Waals surface area contributed by atoms with Crippen LogP contribution in [0.2, 0.25) is 0 Å². The molecule has 0 saturated carbocycles. The van der Waals surface area contributed by atoms with Crippen LogP contribution in [-0.4, -0.2) is 5.97 Å². The van der Waals surface area contributed by atoms with E-state index in [2.05, 4.69) is 15.9 Å². The van der Waals surface area contributed by atoms with Crippen LogP contribution in [0.15, 0.2) is 51.4 Å². The molecule has 0 unspecified atom stereocenters. The molecule has 3 aromatic rings. The fourth-order valence-electron chi connectivity index (χ4n) is 2.06.